The van der Waals surface area contributed by atoms with Gasteiger partial charge in [0.25, 0.3) is 5.91 Å². The van der Waals surface area contributed by atoms with Crippen LogP contribution in [0.3, 0.4) is 0 Å². The third kappa shape index (κ3) is 3.44. The number of hydrogen-bond donors (Lipinski definition) is 3. The number of carbonyl (C=O) groups excluding carboxylic acids is 2. The van der Waals surface area contributed by atoms with Crippen LogP contribution < -0.4 is 15.5 Å². The van der Waals surface area contributed by atoms with Gasteiger partial charge >= 0.3 is 0 Å². The van der Waals surface area contributed by atoms with Crippen molar-refractivity contribution in [1.82, 2.24) is 10.6 Å². The summed E-state index contributed by atoms with van der Waals surface area (Å²) in [6.07, 6.45) is 5.41. The van der Waals surface area contributed by atoms with Crippen LogP contribution in [0.4, 0.5) is 0 Å². The number of quaternary nitrogens is 1. The second kappa shape index (κ2) is 6.30. The molecule has 2 aliphatic rings. The Labute approximate surface area is 123 Å². The van der Waals surface area contributed by atoms with E-state index in [1.807, 2.05) is 12.1 Å². The van der Waals surface area contributed by atoms with Gasteiger partial charge in [0.1, 0.15) is 11.8 Å². The van der Waals surface area contributed by atoms with Gasteiger partial charge in [-0.25, -0.2) is 0 Å². The first-order valence-electron chi connectivity index (χ1n) is 7.64. The molecule has 0 spiro atoms. The highest BCUT2D eigenvalue weighted by molar-refractivity contribution is 5.78. The second-order valence-corrected chi connectivity index (χ2v) is 5.94. The van der Waals surface area contributed by atoms with Crippen molar-refractivity contribution < 1.29 is 18.9 Å². The smallest absolute Gasteiger partial charge is 0.275 e. The van der Waals surface area contributed by atoms with Crippen LogP contribution in [0.2, 0.25) is 0 Å². The highest BCUT2D eigenvalue weighted by Gasteiger charge is 2.39. The molecule has 1 unspecified atom stereocenters. The minimum Gasteiger partial charge on any atom is -0.467 e. The standard InChI is InChI=1S/C15H21N3O3/c19-14-7-11-3-1-4-12(8-16-14)18(11)10-15(20)17-9-13-5-2-6-21-13/h2,5-6,11-12H,1,3-4,7-10H2,(H,16,19)(H,17,20)/p+1/t11-,12+/m0/s1. The van der Waals surface area contributed by atoms with Gasteiger partial charge < -0.3 is 20.0 Å². The van der Waals surface area contributed by atoms with Crippen LogP contribution in [0.25, 0.3) is 0 Å². The summed E-state index contributed by atoms with van der Waals surface area (Å²) < 4.78 is 5.21. The molecule has 3 heterocycles. The topological polar surface area (TPSA) is 75.8 Å². The maximum Gasteiger partial charge on any atom is 0.275 e. The van der Waals surface area contributed by atoms with Crippen LogP contribution in [-0.4, -0.2) is 37.0 Å². The van der Waals surface area contributed by atoms with E-state index in [1.165, 1.54) is 4.90 Å². The summed E-state index contributed by atoms with van der Waals surface area (Å²) in [5, 5.41) is 5.86. The Kier molecular flexibility index (Phi) is 4.24. The third-order valence-corrected chi connectivity index (χ3v) is 4.54. The molecule has 2 bridgehead atoms. The molecule has 1 aromatic heterocycles. The zero-order chi connectivity index (χ0) is 14.7. The average molecular weight is 292 g/mol. The fourth-order valence-corrected chi connectivity index (χ4v) is 3.45. The van der Waals surface area contributed by atoms with Crippen LogP contribution in [0.15, 0.2) is 22.8 Å². The van der Waals surface area contributed by atoms with Gasteiger partial charge in [-0.2, -0.15) is 0 Å². The van der Waals surface area contributed by atoms with Crippen LogP contribution in [-0.2, 0) is 16.1 Å². The van der Waals surface area contributed by atoms with E-state index in [1.54, 1.807) is 6.26 Å². The fourth-order valence-electron chi connectivity index (χ4n) is 3.45. The Hall–Kier alpha value is -1.82. The summed E-state index contributed by atoms with van der Waals surface area (Å²) in [6, 6.07) is 4.30. The highest BCUT2D eigenvalue weighted by Crippen LogP contribution is 2.13. The Balaban J connectivity index is 1.57. The number of nitrogens with one attached hydrogen (secondary N) is 3. The van der Waals surface area contributed by atoms with Gasteiger partial charge in [0, 0.05) is 12.8 Å². The van der Waals surface area contributed by atoms with Crippen molar-refractivity contribution in [3.8, 4) is 0 Å². The molecule has 3 atom stereocenters. The summed E-state index contributed by atoms with van der Waals surface area (Å²) in [6.45, 7) is 1.55. The third-order valence-electron chi connectivity index (χ3n) is 4.54. The van der Waals surface area contributed by atoms with Gasteiger partial charge in [0.05, 0.1) is 31.8 Å². The minimum atomic E-state index is 0.0210. The average Bonchev–Trinajstić information content (AvgIpc) is 2.96. The highest BCUT2D eigenvalue weighted by atomic mass is 16.3. The number of piperidine rings is 1. The second-order valence-electron chi connectivity index (χ2n) is 5.94. The van der Waals surface area contributed by atoms with Gasteiger partial charge in [0.2, 0.25) is 5.91 Å². The van der Waals surface area contributed by atoms with E-state index in [2.05, 4.69) is 10.6 Å². The van der Waals surface area contributed by atoms with Gasteiger partial charge in [-0.15, -0.1) is 0 Å². The summed E-state index contributed by atoms with van der Waals surface area (Å²) in [7, 11) is 0. The van der Waals surface area contributed by atoms with Crippen molar-refractivity contribution in [2.75, 3.05) is 13.1 Å². The molecule has 6 heteroatoms. The van der Waals surface area contributed by atoms with Crippen molar-refractivity contribution in [1.29, 1.82) is 0 Å². The number of carbonyl (C=O) groups is 2. The van der Waals surface area contributed by atoms with Crippen LogP contribution in [0, 0.1) is 0 Å². The van der Waals surface area contributed by atoms with E-state index in [0.717, 1.165) is 25.0 Å². The predicted octanol–water partition coefficient (Wildman–Crippen LogP) is -0.778. The number of hydrogen-bond acceptors (Lipinski definition) is 3. The summed E-state index contributed by atoms with van der Waals surface area (Å²) >= 11 is 0. The van der Waals surface area contributed by atoms with E-state index in [0.29, 0.717) is 32.1 Å². The molecule has 2 fully saturated rings. The van der Waals surface area contributed by atoms with Gasteiger partial charge in [-0.05, 0) is 18.6 Å². The van der Waals surface area contributed by atoms with E-state index in [4.69, 9.17) is 4.42 Å². The van der Waals surface area contributed by atoms with Crippen LogP contribution in [0.5, 0.6) is 0 Å². The molecule has 3 rings (SSSR count). The lowest BCUT2D eigenvalue weighted by Crippen LogP contribution is -3.21. The zero-order valence-corrected chi connectivity index (χ0v) is 12.1. The maximum absolute atomic E-state index is 12.2. The van der Waals surface area contributed by atoms with Gasteiger partial charge in [-0.3, -0.25) is 9.59 Å². The lowest BCUT2D eigenvalue weighted by atomic mass is 9.94. The first kappa shape index (κ1) is 14.1. The first-order chi connectivity index (χ1) is 10.2. The molecule has 0 aromatic carbocycles. The number of rotatable bonds is 4. The molecule has 21 heavy (non-hydrogen) atoms. The van der Waals surface area contributed by atoms with Crippen molar-refractivity contribution in [2.24, 2.45) is 0 Å². The Bertz CT molecular complexity index is 500. The summed E-state index contributed by atoms with van der Waals surface area (Å²) in [5.41, 5.74) is 0. The summed E-state index contributed by atoms with van der Waals surface area (Å²) in [4.78, 5) is 25.1. The molecule has 0 aliphatic carbocycles. The number of amides is 2. The Morgan fingerprint density at radius 2 is 2.29 bits per heavy atom. The molecule has 2 aliphatic heterocycles. The molecule has 3 N–H and O–H groups in total. The molecule has 0 radical (unpaired) electrons. The van der Waals surface area contributed by atoms with Gasteiger partial charge in [-0.1, -0.05) is 0 Å². The van der Waals surface area contributed by atoms with Crippen LogP contribution >= 0.6 is 0 Å². The van der Waals surface area contributed by atoms with E-state index in [9.17, 15) is 9.59 Å². The number of fused-ring (bicyclic) bond motifs is 2. The molecule has 2 amide bonds. The predicted molar refractivity (Wildman–Crippen MR) is 75.4 cm³/mol. The van der Waals surface area contributed by atoms with Crippen molar-refractivity contribution in [3.05, 3.63) is 24.2 Å². The molecule has 1 aromatic rings. The molecule has 6 nitrogen and oxygen atoms in total. The quantitative estimate of drug-likeness (QED) is 0.681. The molecular formula is C15H22N3O3+. The lowest BCUT2D eigenvalue weighted by molar-refractivity contribution is -0.945. The number of furan rings is 1. The normalized spacial score (nSPS) is 28.6. The molecule has 0 saturated carbocycles. The van der Waals surface area contributed by atoms with Crippen molar-refractivity contribution in [2.45, 2.75) is 44.3 Å². The van der Waals surface area contributed by atoms with E-state index < -0.39 is 0 Å². The Morgan fingerprint density at radius 1 is 1.43 bits per heavy atom. The SMILES string of the molecule is O=C1C[C@@H]2CCC[C@H](CN1)[NH+]2CC(=O)NCc1ccco1. The lowest BCUT2D eigenvalue weighted by Gasteiger charge is -2.36. The fraction of sp³-hybridized carbons (Fsp3) is 0.600. The Morgan fingerprint density at radius 3 is 3.10 bits per heavy atom. The van der Waals surface area contributed by atoms with E-state index >= 15 is 0 Å². The largest absolute Gasteiger partial charge is 0.467 e. The zero-order valence-electron chi connectivity index (χ0n) is 12.1. The van der Waals surface area contributed by atoms with E-state index in [-0.39, 0.29) is 17.9 Å². The monoisotopic (exact) mass is 292 g/mol. The molecular weight excluding hydrogens is 270 g/mol. The van der Waals surface area contributed by atoms with Crippen molar-refractivity contribution >= 4 is 11.8 Å². The summed E-state index contributed by atoms with van der Waals surface area (Å²) in [5.74, 6) is 0.900. The maximum atomic E-state index is 12.2. The van der Waals surface area contributed by atoms with Crippen molar-refractivity contribution in [3.63, 3.8) is 0 Å². The minimum absolute atomic E-state index is 0.0210. The van der Waals surface area contributed by atoms with Gasteiger partial charge in [0.15, 0.2) is 6.54 Å². The first-order valence-corrected chi connectivity index (χ1v) is 7.64. The van der Waals surface area contributed by atoms with Crippen LogP contribution in [0.1, 0.15) is 31.4 Å². The molecule has 2 saturated heterocycles. The molecule has 114 valence electrons.